The van der Waals surface area contributed by atoms with Gasteiger partial charge in [0.2, 0.25) is 0 Å². The third kappa shape index (κ3) is 4.50. The van der Waals surface area contributed by atoms with Crippen molar-refractivity contribution in [1.82, 2.24) is 0 Å². The summed E-state index contributed by atoms with van der Waals surface area (Å²) in [6.45, 7) is 4.63. The Labute approximate surface area is 117 Å². The Morgan fingerprint density at radius 3 is 2.32 bits per heavy atom. The molecule has 1 aromatic carbocycles. The van der Waals surface area contributed by atoms with E-state index in [0.29, 0.717) is 6.61 Å². The highest BCUT2D eigenvalue weighted by molar-refractivity contribution is 5.22. The molecule has 0 aromatic heterocycles. The molecule has 0 amide bonds. The molecular formula is C18H26O. The Morgan fingerprint density at radius 1 is 1.11 bits per heavy atom. The van der Waals surface area contributed by atoms with Crippen LogP contribution in [0.4, 0.5) is 0 Å². The minimum absolute atomic E-state index is 0.714. The maximum atomic E-state index is 5.14. The third-order valence-corrected chi connectivity index (χ3v) is 4.40. The van der Waals surface area contributed by atoms with Crippen molar-refractivity contribution in [2.45, 2.75) is 45.1 Å². The van der Waals surface area contributed by atoms with Gasteiger partial charge >= 0.3 is 0 Å². The summed E-state index contributed by atoms with van der Waals surface area (Å²) in [7, 11) is 1.74. The molecule has 0 heterocycles. The quantitative estimate of drug-likeness (QED) is 0.669. The van der Waals surface area contributed by atoms with Gasteiger partial charge in [0.1, 0.15) is 0 Å². The smallest absolute Gasteiger partial charge is 0.0713 e. The lowest BCUT2D eigenvalue weighted by molar-refractivity contribution is 0.185. The van der Waals surface area contributed by atoms with E-state index in [0.717, 1.165) is 11.8 Å². The van der Waals surface area contributed by atoms with Gasteiger partial charge in [-0.1, -0.05) is 30.3 Å². The minimum Gasteiger partial charge on any atom is -0.380 e. The summed E-state index contributed by atoms with van der Waals surface area (Å²) in [5, 5.41) is 0. The molecule has 1 nitrogen and oxygen atoms in total. The second-order valence-corrected chi connectivity index (χ2v) is 5.80. The fourth-order valence-corrected chi connectivity index (χ4v) is 3.05. The molecule has 0 atom stereocenters. The first-order valence-electron chi connectivity index (χ1n) is 7.51. The molecule has 1 fully saturated rings. The largest absolute Gasteiger partial charge is 0.380 e. The van der Waals surface area contributed by atoms with E-state index in [1.165, 1.54) is 49.7 Å². The van der Waals surface area contributed by atoms with Crippen LogP contribution in [0.2, 0.25) is 0 Å². The first kappa shape index (κ1) is 14.3. The Morgan fingerprint density at radius 2 is 1.74 bits per heavy atom. The normalized spacial score (nSPS) is 23.2. The van der Waals surface area contributed by atoms with Crippen LogP contribution < -0.4 is 0 Å². The van der Waals surface area contributed by atoms with Crippen molar-refractivity contribution in [1.29, 1.82) is 0 Å². The number of hydrogen-bond donors (Lipinski definition) is 0. The van der Waals surface area contributed by atoms with E-state index in [-0.39, 0.29) is 0 Å². The van der Waals surface area contributed by atoms with Crippen molar-refractivity contribution in [3.8, 4) is 0 Å². The van der Waals surface area contributed by atoms with Crippen LogP contribution in [0.5, 0.6) is 0 Å². The summed E-state index contributed by atoms with van der Waals surface area (Å²) in [5.41, 5.74) is 2.73. The van der Waals surface area contributed by atoms with Gasteiger partial charge in [0, 0.05) is 7.11 Å². The number of methoxy groups -OCH3 is 1. The van der Waals surface area contributed by atoms with Gasteiger partial charge in [-0.15, -0.1) is 6.58 Å². The maximum Gasteiger partial charge on any atom is 0.0713 e. The van der Waals surface area contributed by atoms with Gasteiger partial charge in [0.15, 0.2) is 0 Å². The highest BCUT2D eigenvalue weighted by Crippen LogP contribution is 2.32. The molecule has 1 saturated carbocycles. The highest BCUT2D eigenvalue weighted by Gasteiger charge is 2.18. The fraction of sp³-hybridized carbons (Fsp3) is 0.556. The second-order valence-electron chi connectivity index (χ2n) is 5.80. The van der Waals surface area contributed by atoms with Gasteiger partial charge in [0.25, 0.3) is 0 Å². The second kappa shape index (κ2) is 7.49. The minimum atomic E-state index is 0.714. The van der Waals surface area contributed by atoms with E-state index in [9.17, 15) is 0 Å². The van der Waals surface area contributed by atoms with Crippen LogP contribution in [0.25, 0.3) is 0 Å². The molecular weight excluding hydrogens is 232 g/mol. The van der Waals surface area contributed by atoms with E-state index in [1.54, 1.807) is 7.11 Å². The van der Waals surface area contributed by atoms with Crippen LogP contribution in [0.15, 0.2) is 36.9 Å². The molecule has 0 saturated heterocycles. The zero-order chi connectivity index (χ0) is 13.5. The predicted molar refractivity (Wildman–Crippen MR) is 81.1 cm³/mol. The zero-order valence-corrected chi connectivity index (χ0v) is 12.1. The lowest BCUT2D eigenvalue weighted by Gasteiger charge is -2.26. The molecule has 104 valence electrons. The van der Waals surface area contributed by atoms with E-state index in [2.05, 4.69) is 36.9 Å². The first-order chi connectivity index (χ1) is 9.31. The Hall–Kier alpha value is -1.08. The van der Waals surface area contributed by atoms with E-state index >= 15 is 0 Å². The topological polar surface area (TPSA) is 9.23 Å². The van der Waals surface area contributed by atoms with Gasteiger partial charge in [0.05, 0.1) is 6.61 Å². The number of rotatable bonds is 6. The van der Waals surface area contributed by atoms with Crippen molar-refractivity contribution in [2.24, 2.45) is 11.8 Å². The van der Waals surface area contributed by atoms with Crippen LogP contribution in [0.3, 0.4) is 0 Å². The van der Waals surface area contributed by atoms with Gasteiger partial charge in [-0.3, -0.25) is 0 Å². The third-order valence-electron chi connectivity index (χ3n) is 4.40. The molecule has 0 N–H and O–H groups in total. The zero-order valence-electron chi connectivity index (χ0n) is 12.1. The summed E-state index contributed by atoms with van der Waals surface area (Å²) in [6.07, 6.45) is 10.2. The monoisotopic (exact) mass is 258 g/mol. The lowest BCUT2D eigenvalue weighted by atomic mass is 9.79. The lowest BCUT2D eigenvalue weighted by Crippen LogP contribution is -2.13. The summed E-state index contributed by atoms with van der Waals surface area (Å²) in [5.74, 6) is 1.71. The molecule has 0 spiro atoms. The van der Waals surface area contributed by atoms with Crippen LogP contribution in [-0.4, -0.2) is 7.11 Å². The van der Waals surface area contributed by atoms with Crippen molar-refractivity contribution < 1.29 is 4.74 Å². The molecule has 0 radical (unpaired) electrons. The molecule has 0 unspecified atom stereocenters. The van der Waals surface area contributed by atoms with Crippen molar-refractivity contribution in [3.63, 3.8) is 0 Å². The number of aryl methyl sites for hydroxylation is 1. The molecule has 0 aliphatic heterocycles. The molecule has 1 aromatic rings. The Bertz CT molecular complexity index is 371. The van der Waals surface area contributed by atoms with Gasteiger partial charge < -0.3 is 4.74 Å². The van der Waals surface area contributed by atoms with Gasteiger partial charge in [-0.25, -0.2) is 0 Å². The fourth-order valence-electron chi connectivity index (χ4n) is 3.05. The van der Waals surface area contributed by atoms with Crippen LogP contribution in [0.1, 0.15) is 43.2 Å². The van der Waals surface area contributed by atoms with Crippen molar-refractivity contribution in [2.75, 3.05) is 7.11 Å². The van der Waals surface area contributed by atoms with Crippen molar-refractivity contribution >= 4 is 0 Å². The number of benzene rings is 1. The Balaban J connectivity index is 1.74. The number of hydrogen-bond acceptors (Lipinski definition) is 1. The molecule has 2 rings (SSSR count). The average molecular weight is 258 g/mol. The summed E-state index contributed by atoms with van der Waals surface area (Å²) in [6, 6.07) is 8.88. The summed E-state index contributed by atoms with van der Waals surface area (Å²) >= 11 is 0. The van der Waals surface area contributed by atoms with E-state index in [4.69, 9.17) is 4.74 Å². The van der Waals surface area contributed by atoms with Crippen LogP contribution >= 0.6 is 0 Å². The van der Waals surface area contributed by atoms with Crippen molar-refractivity contribution in [3.05, 3.63) is 48.0 Å². The summed E-state index contributed by atoms with van der Waals surface area (Å²) in [4.78, 5) is 0. The van der Waals surface area contributed by atoms with Crippen LogP contribution in [0, 0.1) is 11.8 Å². The standard InChI is InChI=1S/C18H26O/c1-3-15-4-6-16(7-5-15)8-9-17-10-12-18(13-11-17)14-19-2/h3,10-13,15-16H,1,4-9,14H2,2H3. The molecule has 0 bridgehead atoms. The molecule has 1 aliphatic rings. The van der Waals surface area contributed by atoms with E-state index in [1.807, 2.05) is 0 Å². The first-order valence-corrected chi connectivity index (χ1v) is 7.51. The molecule has 19 heavy (non-hydrogen) atoms. The van der Waals surface area contributed by atoms with Gasteiger partial charge in [-0.05, 0) is 61.5 Å². The van der Waals surface area contributed by atoms with Gasteiger partial charge in [-0.2, -0.15) is 0 Å². The highest BCUT2D eigenvalue weighted by atomic mass is 16.5. The van der Waals surface area contributed by atoms with E-state index < -0.39 is 0 Å². The summed E-state index contributed by atoms with van der Waals surface area (Å²) < 4.78 is 5.14. The number of allylic oxidation sites excluding steroid dienone is 1. The number of ether oxygens (including phenoxy) is 1. The SMILES string of the molecule is C=CC1CCC(CCc2ccc(COC)cc2)CC1. The Kier molecular flexibility index (Phi) is 5.65. The molecule has 1 heteroatoms. The predicted octanol–water partition coefficient (Wildman–Crippen LogP) is 4.76. The maximum absolute atomic E-state index is 5.14. The van der Waals surface area contributed by atoms with Crippen LogP contribution in [-0.2, 0) is 17.8 Å². The molecule has 1 aliphatic carbocycles. The average Bonchev–Trinajstić information content (AvgIpc) is 2.47.